The SMILES string of the molecule is CC.CC.CCN(CC)c1ccccc1. The van der Waals surface area contributed by atoms with Crippen LogP contribution in [0, 0.1) is 0 Å². The molecule has 1 rings (SSSR count). The zero-order valence-electron chi connectivity index (χ0n) is 11.2. The highest BCUT2D eigenvalue weighted by molar-refractivity contribution is 5.45. The average molecular weight is 209 g/mol. The summed E-state index contributed by atoms with van der Waals surface area (Å²) in [6.45, 7) is 14.5. The zero-order chi connectivity index (χ0) is 12.1. The second-order valence-electron chi connectivity index (χ2n) is 2.51. The molecule has 0 spiro atoms. The van der Waals surface area contributed by atoms with E-state index >= 15 is 0 Å². The van der Waals surface area contributed by atoms with Gasteiger partial charge in [-0.15, -0.1) is 0 Å². The van der Waals surface area contributed by atoms with E-state index in [1.807, 2.05) is 33.8 Å². The molecule has 1 nitrogen and oxygen atoms in total. The largest absolute Gasteiger partial charge is 0.372 e. The van der Waals surface area contributed by atoms with E-state index in [4.69, 9.17) is 0 Å². The summed E-state index contributed by atoms with van der Waals surface area (Å²) < 4.78 is 0. The molecule has 15 heavy (non-hydrogen) atoms. The van der Waals surface area contributed by atoms with Crippen molar-refractivity contribution in [1.82, 2.24) is 0 Å². The molecule has 1 heteroatoms. The van der Waals surface area contributed by atoms with E-state index in [9.17, 15) is 0 Å². The Balaban J connectivity index is 0. The van der Waals surface area contributed by atoms with Crippen LogP contribution in [-0.2, 0) is 0 Å². The van der Waals surface area contributed by atoms with Gasteiger partial charge in [-0.05, 0) is 26.0 Å². The van der Waals surface area contributed by atoms with Crippen molar-refractivity contribution in [3.05, 3.63) is 30.3 Å². The van der Waals surface area contributed by atoms with Crippen molar-refractivity contribution in [2.45, 2.75) is 41.5 Å². The summed E-state index contributed by atoms with van der Waals surface area (Å²) in [5.41, 5.74) is 1.32. The lowest BCUT2D eigenvalue weighted by atomic mass is 10.3. The van der Waals surface area contributed by atoms with Crippen LogP contribution in [0.25, 0.3) is 0 Å². The molecule has 0 aliphatic carbocycles. The maximum absolute atomic E-state index is 2.33. The Morgan fingerprint density at radius 1 is 0.800 bits per heavy atom. The summed E-state index contributed by atoms with van der Waals surface area (Å²) in [6.07, 6.45) is 0. The molecule has 0 saturated carbocycles. The van der Waals surface area contributed by atoms with E-state index in [2.05, 4.69) is 43.0 Å². The lowest BCUT2D eigenvalue weighted by Crippen LogP contribution is -2.21. The van der Waals surface area contributed by atoms with Crippen LogP contribution >= 0.6 is 0 Å². The standard InChI is InChI=1S/C10H15N.2C2H6/c1-3-11(4-2)10-8-6-5-7-9-10;2*1-2/h5-9H,3-4H2,1-2H3;2*1-2H3. The molecule has 0 fully saturated rings. The average Bonchev–Trinajstić information content (AvgIpc) is 2.37. The minimum Gasteiger partial charge on any atom is -0.372 e. The number of rotatable bonds is 3. The normalized spacial score (nSPS) is 7.87. The van der Waals surface area contributed by atoms with Crippen molar-refractivity contribution in [2.75, 3.05) is 18.0 Å². The third kappa shape index (κ3) is 7.01. The Bertz CT molecular complexity index is 190. The van der Waals surface area contributed by atoms with Crippen LogP contribution in [0.2, 0.25) is 0 Å². The smallest absolute Gasteiger partial charge is 0.0365 e. The molecule has 0 saturated heterocycles. The van der Waals surface area contributed by atoms with Crippen LogP contribution in [0.5, 0.6) is 0 Å². The van der Waals surface area contributed by atoms with Gasteiger partial charge in [-0.2, -0.15) is 0 Å². The number of nitrogens with zero attached hydrogens (tertiary/aromatic N) is 1. The molecule has 0 amide bonds. The van der Waals surface area contributed by atoms with Crippen LogP contribution < -0.4 is 4.90 Å². The third-order valence-electron chi connectivity index (χ3n) is 1.88. The van der Waals surface area contributed by atoms with Crippen molar-refractivity contribution < 1.29 is 0 Å². The van der Waals surface area contributed by atoms with Gasteiger partial charge in [-0.1, -0.05) is 45.9 Å². The second kappa shape index (κ2) is 13.0. The number of para-hydroxylation sites is 1. The van der Waals surface area contributed by atoms with Gasteiger partial charge in [0.25, 0.3) is 0 Å². The van der Waals surface area contributed by atoms with Gasteiger partial charge in [0.2, 0.25) is 0 Å². The summed E-state index contributed by atoms with van der Waals surface area (Å²) >= 11 is 0. The molecular weight excluding hydrogens is 182 g/mol. The van der Waals surface area contributed by atoms with E-state index in [-0.39, 0.29) is 0 Å². The molecule has 0 radical (unpaired) electrons. The molecule has 0 aliphatic rings. The first-order chi connectivity index (χ1) is 7.38. The molecule has 0 heterocycles. The summed E-state index contributed by atoms with van der Waals surface area (Å²) in [5, 5.41) is 0. The predicted molar refractivity (Wildman–Crippen MR) is 72.7 cm³/mol. The molecule has 0 N–H and O–H groups in total. The highest BCUT2D eigenvalue weighted by Gasteiger charge is 1.97. The Morgan fingerprint density at radius 3 is 1.53 bits per heavy atom. The fourth-order valence-corrected chi connectivity index (χ4v) is 1.23. The number of anilines is 1. The molecule has 88 valence electrons. The van der Waals surface area contributed by atoms with Gasteiger partial charge < -0.3 is 4.90 Å². The monoisotopic (exact) mass is 209 g/mol. The highest BCUT2D eigenvalue weighted by atomic mass is 15.1. The minimum absolute atomic E-state index is 1.08. The maximum atomic E-state index is 2.33. The Hall–Kier alpha value is -0.980. The summed E-state index contributed by atoms with van der Waals surface area (Å²) in [5.74, 6) is 0. The predicted octanol–water partition coefficient (Wildman–Crippen LogP) is 4.59. The van der Waals surface area contributed by atoms with E-state index in [0.29, 0.717) is 0 Å². The van der Waals surface area contributed by atoms with E-state index in [0.717, 1.165) is 13.1 Å². The number of hydrogen-bond donors (Lipinski definition) is 0. The summed E-state index contributed by atoms with van der Waals surface area (Å²) in [6, 6.07) is 10.5. The fraction of sp³-hybridized carbons (Fsp3) is 0.571. The first-order valence-electron chi connectivity index (χ1n) is 6.18. The fourth-order valence-electron chi connectivity index (χ4n) is 1.23. The van der Waals surface area contributed by atoms with Crippen molar-refractivity contribution in [3.63, 3.8) is 0 Å². The van der Waals surface area contributed by atoms with Crippen LogP contribution in [0.15, 0.2) is 30.3 Å². The highest BCUT2D eigenvalue weighted by Crippen LogP contribution is 2.11. The van der Waals surface area contributed by atoms with Crippen molar-refractivity contribution in [1.29, 1.82) is 0 Å². The van der Waals surface area contributed by atoms with Crippen LogP contribution in [0.1, 0.15) is 41.5 Å². The maximum Gasteiger partial charge on any atom is 0.0365 e. The molecule has 0 aliphatic heterocycles. The molecule has 0 bridgehead atoms. The minimum atomic E-state index is 1.08. The van der Waals surface area contributed by atoms with Crippen molar-refractivity contribution in [2.24, 2.45) is 0 Å². The van der Waals surface area contributed by atoms with Gasteiger partial charge >= 0.3 is 0 Å². The first-order valence-corrected chi connectivity index (χ1v) is 6.18. The van der Waals surface area contributed by atoms with Gasteiger partial charge in [0, 0.05) is 18.8 Å². The van der Waals surface area contributed by atoms with Gasteiger partial charge in [-0.25, -0.2) is 0 Å². The zero-order valence-corrected chi connectivity index (χ0v) is 11.2. The van der Waals surface area contributed by atoms with Crippen LogP contribution in [-0.4, -0.2) is 13.1 Å². The number of benzene rings is 1. The van der Waals surface area contributed by atoms with Crippen LogP contribution in [0.3, 0.4) is 0 Å². The Labute approximate surface area is 96.1 Å². The van der Waals surface area contributed by atoms with E-state index in [1.165, 1.54) is 5.69 Å². The molecular formula is C14H27N. The second-order valence-corrected chi connectivity index (χ2v) is 2.51. The van der Waals surface area contributed by atoms with E-state index < -0.39 is 0 Å². The quantitative estimate of drug-likeness (QED) is 0.704. The lowest BCUT2D eigenvalue weighted by molar-refractivity contribution is 0.866. The Morgan fingerprint density at radius 2 is 1.20 bits per heavy atom. The van der Waals surface area contributed by atoms with Crippen molar-refractivity contribution in [3.8, 4) is 0 Å². The van der Waals surface area contributed by atoms with Gasteiger partial charge in [0.15, 0.2) is 0 Å². The van der Waals surface area contributed by atoms with Gasteiger partial charge in [0.05, 0.1) is 0 Å². The first kappa shape index (κ1) is 16.4. The topological polar surface area (TPSA) is 3.24 Å². The third-order valence-corrected chi connectivity index (χ3v) is 1.88. The number of hydrogen-bond acceptors (Lipinski definition) is 1. The molecule has 1 aromatic carbocycles. The molecule has 0 unspecified atom stereocenters. The molecule has 0 aromatic heterocycles. The summed E-state index contributed by atoms with van der Waals surface area (Å²) in [7, 11) is 0. The van der Waals surface area contributed by atoms with Crippen molar-refractivity contribution >= 4 is 5.69 Å². The Kier molecular flexibility index (Phi) is 14.3. The lowest BCUT2D eigenvalue weighted by Gasteiger charge is -2.20. The van der Waals surface area contributed by atoms with Gasteiger partial charge in [-0.3, -0.25) is 0 Å². The van der Waals surface area contributed by atoms with Gasteiger partial charge in [0.1, 0.15) is 0 Å². The summed E-state index contributed by atoms with van der Waals surface area (Å²) in [4.78, 5) is 2.33. The van der Waals surface area contributed by atoms with E-state index in [1.54, 1.807) is 0 Å². The molecule has 1 aromatic rings. The molecule has 0 atom stereocenters. The van der Waals surface area contributed by atoms with Crippen LogP contribution in [0.4, 0.5) is 5.69 Å².